The zero-order valence-corrected chi connectivity index (χ0v) is 32.1. The number of nitrogens with one attached hydrogen (secondary N) is 1. The van der Waals surface area contributed by atoms with Crippen LogP contribution in [0.2, 0.25) is 0 Å². The molecule has 7 heterocycles. The maximum atomic E-state index is 13.4. The number of rotatable bonds is 7. The maximum absolute atomic E-state index is 13.4. The molecule has 0 aromatic carbocycles. The summed E-state index contributed by atoms with van der Waals surface area (Å²) in [7, 11) is 0. The summed E-state index contributed by atoms with van der Waals surface area (Å²) in [6.45, 7) is -0.144. The van der Waals surface area contributed by atoms with Gasteiger partial charge in [-0.05, 0) is 60.7 Å². The Labute approximate surface area is 364 Å². The van der Waals surface area contributed by atoms with Crippen LogP contribution < -0.4 is 31.5 Å². The molecule has 12 bridgehead atoms. The molecule has 7 rings (SSSR count). The van der Waals surface area contributed by atoms with Crippen molar-refractivity contribution in [2.75, 3.05) is 13.1 Å². The van der Waals surface area contributed by atoms with E-state index in [2.05, 4.69) is 25.3 Å². The number of amides is 1. The van der Waals surface area contributed by atoms with Crippen LogP contribution in [0.5, 0.6) is 0 Å². The number of hydrogen-bond acceptors (Lipinski definition) is 17. The van der Waals surface area contributed by atoms with Gasteiger partial charge < -0.3 is 50.7 Å². The van der Waals surface area contributed by atoms with Crippen LogP contribution in [0.1, 0.15) is 86.0 Å². The standard InChI is InChI=1S/C38H33N9O9.Eu/c39-1-2-40-34(48)19-3-24-13-46-15-26-5-20(35(49)50)9-30(42-26)32-11-22(37(53)54)7-28(44-32)17-47(14-25(4-19)41-24)18-29-8-23(38(55)56)12-33(45-29)31-10-21(36(51)52)6-27(16-46)43-31;/h3-12H,1-2,13-18,39H2,(H,40,48)(H,49,50)(H,51,52)(H,53,54)(H,55,56);/q;+3/p-4. The molecule has 2 aliphatic rings. The van der Waals surface area contributed by atoms with Crippen LogP contribution in [0.3, 0.4) is 0 Å². The van der Waals surface area contributed by atoms with E-state index in [4.69, 9.17) is 10.7 Å². The number of hydrogen-bond donors (Lipinski definition) is 2. The fraction of sp³-hybridized carbons (Fsp3) is 0.211. The number of carboxylic acid groups (broad SMARTS) is 4. The van der Waals surface area contributed by atoms with Crippen molar-refractivity contribution in [1.29, 1.82) is 0 Å². The number of fused-ring (bicyclic) bond motifs is 12. The predicted octanol–water partition coefficient (Wildman–Crippen LogP) is -2.83. The van der Waals surface area contributed by atoms with Gasteiger partial charge in [0.05, 0.1) is 80.8 Å². The van der Waals surface area contributed by atoms with Gasteiger partial charge in [0, 0.05) is 80.2 Å². The number of nitrogens with two attached hydrogens (primary N) is 1. The molecule has 5 aromatic heterocycles. The molecule has 5 aromatic rings. The first-order valence-electron chi connectivity index (χ1n) is 17.1. The van der Waals surface area contributed by atoms with Gasteiger partial charge in [-0.2, -0.15) is 0 Å². The van der Waals surface area contributed by atoms with E-state index in [1.54, 1.807) is 21.9 Å². The Balaban J connectivity index is 0.00000549. The molecule has 0 unspecified atom stereocenters. The summed E-state index contributed by atoms with van der Waals surface area (Å²) < 4.78 is 0. The third-order valence-corrected chi connectivity index (χ3v) is 8.92. The molecule has 0 fully saturated rings. The first-order valence-corrected chi connectivity index (χ1v) is 17.1. The minimum Gasteiger partial charge on any atom is -0.545 e. The van der Waals surface area contributed by atoms with E-state index in [1.807, 2.05) is 0 Å². The van der Waals surface area contributed by atoms with Crippen LogP contribution in [-0.2, 0) is 39.3 Å². The topological polar surface area (TPSA) is 287 Å². The summed E-state index contributed by atoms with van der Waals surface area (Å²) in [6, 6.07) is 13.0. The molecule has 0 atom stereocenters. The van der Waals surface area contributed by atoms with E-state index in [0.29, 0.717) is 11.4 Å². The van der Waals surface area contributed by atoms with Gasteiger partial charge in [-0.25, -0.2) is 19.9 Å². The zero-order chi connectivity index (χ0) is 39.7. The van der Waals surface area contributed by atoms with Crippen molar-refractivity contribution in [3.63, 3.8) is 0 Å². The minimum atomic E-state index is -1.54. The number of aromatic carboxylic acids is 4. The van der Waals surface area contributed by atoms with Gasteiger partial charge in [-0.1, -0.05) is 0 Å². The number of carbonyl (C=O) groups excluding carboxylic acids is 5. The molecule has 0 aliphatic carbocycles. The third kappa shape index (κ3) is 9.76. The summed E-state index contributed by atoms with van der Waals surface area (Å²) in [5, 5.41) is 51.9. The van der Waals surface area contributed by atoms with Crippen molar-refractivity contribution in [2.45, 2.75) is 39.3 Å². The average Bonchev–Trinajstić information content (AvgIpc) is 3.15. The van der Waals surface area contributed by atoms with Crippen molar-refractivity contribution in [3.05, 3.63) is 123 Å². The SMILES string of the molecule is NCCNC(=O)c1cc2nc(c1)CN1Cc3cc(C(=O)[O-])cc(n3)-c3cc(C(=O)[O-])cc(n3)CN(C2)Cc2cc(C(=O)[O-])cc(n2)-c2cc(C(=O)[O-])cc(n2)C1.[Eu+3]. The monoisotopic (exact) mass is 908 g/mol. The van der Waals surface area contributed by atoms with Gasteiger partial charge in [0.25, 0.3) is 5.91 Å². The largest absolute Gasteiger partial charge is 3.00 e. The second kappa shape index (κ2) is 17.4. The van der Waals surface area contributed by atoms with Gasteiger partial charge in [0.2, 0.25) is 0 Å². The number of pyridine rings is 5. The molecule has 288 valence electrons. The van der Waals surface area contributed by atoms with E-state index >= 15 is 0 Å². The van der Waals surface area contributed by atoms with Gasteiger partial charge in [-0.15, -0.1) is 0 Å². The molecule has 18 nitrogen and oxygen atoms in total. The molecule has 1 amide bonds. The molecular weight excluding hydrogens is 878 g/mol. The molecule has 3 N–H and O–H groups in total. The summed E-state index contributed by atoms with van der Waals surface area (Å²) in [6.07, 6.45) is 0. The first-order chi connectivity index (χ1) is 26.8. The van der Waals surface area contributed by atoms with Gasteiger partial charge in [0.1, 0.15) is 0 Å². The van der Waals surface area contributed by atoms with Crippen LogP contribution in [0.25, 0.3) is 22.8 Å². The predicted molar refractivity (Wildman–Crippen MR) is 184 cm³/mol. The zero-order valence-electron chi connectivity index (χ0n) is 29.7. The van der Waals surface area contributed by atoms with Crippen LogP contribution in [-0.4, -0.2) is 77.6 Å². The Bertz CT molecular complexity index is 2180. The van der Waals surface area contributed by atoms with Gasteiger partial charge >= 0.3 is 49.4 Å². The van der Waals surface area contributed by atoms with Crippen LogP contribution in [0.4, 0.5) is 0 Å². The normalized spacial score (nSPS) is 15.7. The van der Waals surface area contributed by atoms with E-state index in [9.17, 15) is 44.4 Å². The second-order valence-electron chi connectivity index (χ2n) is 13.3. The summed E-state index contributed by atoms with van der Waals surface area (Å²) in [4.78, 5) is 89.4. The second-order valence-corrected chi connectivity index (χ2v) is 13.3. The van der Waals surface area contributed by atoms with E-state index in [0.717, 1.165) is 0 Å². The van der Waals surface area contributed by atoms with Crippen molar-refractivity contribution in [1.82, 2.24) is 40.0 Å². The Hall–Kier alpha value is -5.44. The molecule has 0 saturated carbocycles. The van der Waals surface area contributed by atoms with E-state index in [-0.39, 0.29) is 175 Å². The van der Waals surface area contributed by atoms with E-state index < -0.39 is 29.8 Å². The van der Waals surface area contributed by atoms with Gasteiger partial charge in [-0.3, -0.25) is 19.6 Å². The van der Waals surface area contributed by atoms with Crippen LogP contribution in [0, 0.1) is 49.4 Å². The van der Waals surface area contributed by atoms with Crippen LogP contribution >= 0.6 is 0 Å². The first kappa shape index (κ1) is 41.2. The summed E-state index contributed by atoms with van der Waals surface area (Å²) >= 11 is 0. The summed E-state index contributed by atoms with van der Waals surface area (Å²) in [5.74, 6) is -6.60. The molecule has 19 heteroatoms. The number of carboxylic acids is 4. The Morgan fingerprint density at radius 2 is 0.737 bits per heavy atom. The Morgan fingerprint density at radius 3 is 1.00 bits per heavy atom. The fourth-order valence-corrected chi connectivity index (χ4v) is 6.61. The Morgan fingerprint density at radius 1 is 0.474 bits per heavy atom. The molecule has 0 spiro atoms. The quantitative estimate of drug-likeness (QED) is 0.166. The number of carbonyl (C=O) groups is 5. The van der Waals surface area contributed by atoms with Crippen molar-refractivity contribution in [3.8, 4) is 22.8 Å². The number of aromatic nitrogens is 5. The maximum Gasteiger partial charge on any atom is 3.00 e. The Kier molecular flexibility index (Phi) is 12.6. The molecule has 57 heavy (non-hydrogen) atoms. The molecular formula is C38H29EuN9O9-. The smallest absolute Gasteiger partial charge is 0.545 e. The van der Waals surface area contributed by atoms with E-state index in [1.165, 1.54) is 48.5 Å². The molecule has 0 saturated heterocycles. The van der Waals surface area contributed by atoms with Gasteiger partial charge in [0.15, 0.2) is 0 Å². The molecule has 0 radical (unpaired) electrons. The summed E-state index contributed by atoms with van der Waals surface area (Å²) in [5.41, 5.74) is 6.24. The van der Waals surface area contributed by atoms with Crippen molar-refractivity contribution in [2.24, 2.45) is 5.73 Å². The van der Waals surface area contributed by atoms with Crippen LogP contribution in [0.15, 0.2) is 60.7 Å². The average molecular weight is 908 g/mol. The number of nitrogens with zero attached hydrogens (tertiary/aromatic N) is 7. The van der Waals surface area contributed by atoms with Crippen molar-refractivity contribution >= 4 is 29.8 Å². The van der Waals surface area contributed by atoms with Crippen molar-refractivity contribution < 1.29 is 93.8 Å². The molecule has 2 aliphatic heterocycles. The fourth-order valence-electron chi connectivity index (χ4n) is 6.61. The minimum absolute atomic E-state index is 0. The third-order valence-electron chi connectivity index (χ3n) is 8.92.